The lowest BCUT2D eigenvalue weighted by Crippen LogP contribution is -2.25. The maximum atomic E-state index is 3.69. The van der Waals surface area contributed by atoms with Gasteiger partial charge in [0, 0.05) is 22.6 Å². The lowest BCUT2D eigenvalue weighted by molar-refractivity contribution is 0.458. The van der Waals surface area contributed by atoms with Crippen molar-refractivity contribution in [1.82, 2.24) is 10.3 Å². The van der Waals surface area contributed by atoms with Gasteiger partial charge in [-0.1, -0.05) is 30.4 Å². The number of benzene rings is 1. The zero-order valence-electron chi connectivity index (χ0n) is 11.6. The van der Waals surface area contributed by atoms with E-state index in [-0.39, 0.29) is 0 Å². The first kappa shape index (κ1) is 12.5. The molecule has 2 aromatic rings. The normalized spacial score (nSPS) is 19.1. The molecule has 1 aromatic carbocycles. The number of H-pyrrole nitrogens is 1. The van der Waals surface area contributed by atoms with Gasteiger partial charge in [0.15, 0.2) is 0 Å². The van der Waals surface area contributed by atoms with Crippen molar-refractivity contribution in [3.8, 4) is 0 Å². The summed E-state index contributed by atoms with van der Waals surface area (Å²) in [7, 11) is 0. The molecule has 0 saturated carbocycles. The Labute approximate surface area is 114 Å². The summed E-state index contributed by atoms with van der Waals surface area (Å²) >= 11 is 0. The SMILES string of the molecule is C/C=C/CCNC1CCCc2c1[nH]c1ccccc21. The highest BCUT2D eigenvalue weighted by Gasteiger charge is 2.23. The first-order chi connectivity index (χ1) is 9.40. The Kier molecular flexibility index (Phi) is 3.69. The third-order valence-corrected chi connectivity index (χ3v) is 4.05. The number of para-hydroxylation sites is 1. The van der Waals surface area contributed by atoms with Gasteiger partial charge in [0.05, 0.1) is 0 Å². The minimum absolute atomic E-state index is 0.501. The molecule has 0 spiro atoms. The number of aryl methyl sites for hydroxylation is 1. The number of fused-ring (bicyclic) bond motifs is 3. The molecule has 1 aliphatic rings. The Morgan fingerprint density at radius 3 is 3.16 bits per heavy atom. The van der Waals surface area contributed by atoms with Gasteiger partial charge >= 0.3 is 0 Å². The first-order valence-corrected chi connectivity index (χ1v) is 7.34. The number of aromatic amines is 1. The third-order valence-electron chi connectivity index (χ3n) is 4.05. The van der Waals surface area contributed by atoms with Crippen molar-refractivity contribution < 1.29 is 0 Å². The number of aromatic nitrogens is 1. The molecule has 0 saturated heterocycles. The number of hydrogen-bond acceptors (Lipinski definition) is 1. The quantitative estimate of drug-likeness (QED) is 0.624. The molecule has 100 valence electrons. The van der Waals surface area contributed by atoms with Gasteiger partial charge in [-0.05, 0) is 50.8 Å². The molecule has 1 aromatic heterocycles. The smallest absolute Gasteiger partial charge is 0.0476 e. The van der Waals surface area contributed by atoms with Crippen LogP contribution in [0.5, 0.6) is 0 Å². The van der Waals surface area contributed by atoms with Crippen LogP contribution in [0.1, 0.15) is 43.5 Å². The second-order valence-corrected chi connectivity index (χ2v) is 5.32. The molecule has 1 atom stereocenters. The largest absolute Gasteiger partial charge is 0.357 e. The summed E-state index contributed by atoms with van der Waals surface area (Å²) in [6.45, 7) is 3.14. The van der Waals surface area contributed by atoms with E-state index in [9.17, 15) is 0 Å². The van der Waals surface area contributed by atoms with Gasteiger partial charge in [-0.15, -0.1) is 0 Å². The van der Waals surface area contributed by atoms with Crippen molar-refractivity contribution in [3.05, 3.63) is 47.7 Å². The van der Waals surface area contributed by atoms with Crippen molar-refractivity contribution in [2.45, 2.75) is 38.6 Å². The van der Waals surface area contributed by atoms with Crippen LogP contribution in [0.25, 0.3) is 10.9 Å². The monoisotopic (exact) mass is 254 g/mol. The van der Waals surface area contributed by atoms with Crippen molar-refractivity contribution >= 4 is 10.9 Å². The van der Waals surface area contributed by atoms with E-state index >= 15 is 0 Å². The predicted molar refractivity (Wildman–Crippen MR) is 81.4 cm³/mol. The maximum Gasteiger partial charge on any atom is 0.0476 e. The Bertz CT molecular complexity index is 580. The molecule has 1 aliphatic carbocycles. The van der Waals surface area contributed by atoms with Gasteiger partial charge < -0.3 is 10.3 Å². The molecule has 19 heavy (non-hydrogen) atoms. The molecule has 0 amide bonds. The molecular formula is C17H22N2. The van der Waals surface area contributed by atoms with E-state index in [1.807, 2.05) is 0 Å². The fourth-order valence-electron chi connectivity index (χ4n) is 3.13. The van der Waals surface area contributed by atoms with E-state index in [1.54, 1.807) is 0 Å². The average molecular weight is 254 g/mol. The number of rotatable bonds is 4. The zero-order valence-corrected chi connectivity index (χ0v) is 11.6. The molecule has 0 radical (unpaired) electrons. The lowest BCUT2D eigenvalue weighted by atomic mass is 9.91. The van der Waals surface area contributed by atoms with Crippen LogP contribution in [0.2, 0.25) is 0 Å². The van der Waals surface area contributed by atoms with Crippen molar-refractivity contribution in [3.63, 3.8) is 0 Å². The minimum Gasteiger partial charge on any atom is -0.357 e. The molecule has 2 heteroatoms. The molecule has 1 heterocycles. The Morgan fingerprint density at radius 1 is 1.37 bits per heavy atom. The Hall–Kier alpha value is -1.54. The number of allylic oxidation sites excluding steroid dienone is 1. The van der Waals surface area contributed by atoms with Gasteiger partial charge in [0.2, 0.25) is 0 Å². The van der Waals surface area contributed by atoms with E-state index in [1.165, 1.54) is 41.4 Å². The Morgan fingerprint density at radius 2 is 2.26 bits per heavy atom. The van der Waals surface area contributed by atoms with Gasteiger partial charge in [-0.3, -0.25) is 0 Å². The average Bonchev–Trinajstić information content (AvgIpc) is 2.83. The van der Waals surface area contributed by atoms with Gasteiger partial charge in [-0.25, -0.2) is 0 Å². The van der Waals surface area contributed by atoms with E-state index in [0.717, 1.165) is 13.0 Å². The second-order valence-electron chi connectivity index (χ2n) is 5.32. The van der Waals surface area contributed by atoms with Crippen LogP contribution in [0, 0.1) is 0 Å². The van der Waals surface area contributed by atoms with Crippen molar-refractivity contribution in [2.24, 2.45) is 0 Å². The van der Waals surface area contributed by atoms with Crippen LogP contribution < -0.4 is 5.32 Å². The van der Waals surface area contributed by atoms with Crippen LogP contribution in [-0.2, 0) is 6.42 Å². The fourth-order valence-corrected chi connectivity index (χ4v) is 3.13. The van der Waals surface area contributed by atoms with Crippen LogP contribution in [0.3, 0.4) is 0 Å². The summed E-state index contributed by atoms with van der Waals surface area (Å²) in [6.07, 6.45) is 9.21. The molecular weight excluding hydrogens is 232 g/mol. The topological polar surface area (TPSA) is 27.8 Å². The maximum absolute atomic E-state index is 3.69. The number of nitrogens with one attached hydrogen (secondary N) is 2. The second kappa shape index (κ2) is 5.62. The van der Waals surface area contributed by atoms with Crippen molar-refractivity contribution in [1.29, 1.82) is 0 Å². The summed E-state index contributed by atoms with van der Waals surface area (Å²) in [4.78, 5) is 3.63. The highest BCUT2D eigenvalue weighted by molar-refractivity contribution is 5.85. The first-order valence-electron chi connectivity index (χ1n) is 7.34. The van der Waals surface area contributed by atoms with Gasteiger partial charge in [0.25, 0.3) is 0 Å². The van der Waals surface area contributed by atoms with Crippen LogP contribution in [0.15, 0.2) is 36.4 Å². The van der Waals surface area contributed by atoms with E-state index in [0.29, 0.717) is 6.04 Å². The molecule has 0 bridgehead atoms. The third kappa shape index (κ3) is 2.45. The lowest BCUT2D eigenvalue weighted by Gasteiger charge is -2.23. The molecule has 2 N–H and O–H groups in total. The summed E-state index contributed by atoms with van der Waals surface area (Å²) in [5, 5.41) is 5.11. The summed E-state index contributed by atoms with van der Waals surface area (Å²) in [6, 6.07) is 9.18. The van der Waals surface area contributed by atoms with Gasteiger partial charge in [-0.2, -0.15) is 0 Å². The summed E-state index contributed by atoms with van der Waals surface area (Å²) in [5.74, 6) is 0. The molecule has 2 nitrogen and oxygen atoms in total. The van der Waals surface area contributed by atoms with Crippen molar-refractivity contribution in [2.75, 3.05) is 6.54 Å². The minimum atomic E-state index is 0.501. The summed E-state index contributed by atoms with van der Waals surface area (Å²) in [5.41, 5.74) is 4.24. The van der Waals surface area contributed by atoms with E-state index < -0.39 is 0 Å². The van der Waals surface area contributed by atoms with E-state index in [2.05, 4.69) is 53.6 Å². The Balaban J connectivity index is 1.83. The molecule has 3 rings (SSSR count). The number of hydrogen-bond donors (Lipinski definition) is 2. The fraction of sp³-hybridized carbons (Fsp3) is 0.412. The highest BCUT2D eigenvalue weighted by Crippen LogP contribution is 2.34. The summed E-state index contributed by atoms with van der Waals surface area (Å²) < 4.78 is 0. The van der Waals surface area contributed by atoms with Crippen LogP contribution >= 0.6 is 0 Å². The van der Waals surface area contributed by atoms with E-state index in [4.69, 9.17) is 0 Å². The molecule has 0 fully saturated rings. The zero-order chi connectivity index (χ0) is 13.1. The predicted octanol–water partition coefficient (Wildman–Crippen LogP) is 4.10. The highest BCUT2D eigenvalue weighted by atomic mass is 14.9. The van der Waals surface area contributed by atoms with Crippen LogP contribution in [0.4, 0.5) is 0 Å². The van der Waals surface area contributed by atoms with Crippen LogP contribution in [-0.4, -0.2) is 11.5 Å². The standard InChI is InChI=1S/C17H22N2/c1-2-3-6-12-18-16-11-7-9-14-13-8-4-5-10-15(13)19-17(14)16/h2-5,8,10,16,18-19H,6-7,9,11-12H2,1H3/b3-2+. The van der Waals surface area contributed by atoms with Gasteiger partial charge in [0.1, 0.15) is 0 Å². The molecule has 0 aliphatic heterocycles. The molecule has 1 unspecified atom stereocenters.